The molecule has 0 spiro atoms. The van der Waals surface area contributed by atoms with E-state index in [9.17, 15) is 0 Å². The molecule has 0 bridgehead atoms. The van der Waals surface area contributed by atoms with Gasteiger partial charge in [0.2, 0.25) is 5.69 Å². The lowest BCUT2D eigenvalue weighted by molar-refractivity contribution is -0.476. The monoisotopic (exact) mass is 320 g/mol. The number of rotatable bonds is 2. The van der Waals surface area contributed by atoms with E-state index in [1.165, 1.54) is 54.5 Å². The largest absolute Gasteiger partial charge is 0.435 e. The highest BCUT2D eigenvalue weighted by atomic mass is 16.5. The second-order valence-electron chi connectivity index (χ2n) is 7.56. The molecule has 0 atom stereocenters. The molecule has 2 aromatic carbocycles. The highest BCUT2D eigenvalue weighted by Gasteiger charge is 2.34. The molecule has 2 heteroatoms. The van der Waals surface area contributed by atoms with Gasteiger partial charge in [0.1, 0.15) is 5.75 Å². The van der Waals surface area contributed by atoms with Gasteiger partial charge in [0, 0.05) is 17.7 Å². The molecular weight excluding hydrogens is 294 g/mol. The van der Waals surface area contributed by atoms with Gasteiger partial charge in [-0.15, -0.1) is 0 Å². The Morgan fingerprint density at radius 2 is 1.75 bits per heavy atom. The van der Waals surface area contributed by atoms with Crippen LogP contribution in [-0.2, 0) is 5.41 Å². The first-order valence-corrected chi connectivity index (χ1v) is 9.10. The number of aryl methyl sites for hydroxylation is 1. The molecular formula is C22H26NO+. The maximum absolute atomic E-state index is 6.29. The molecule has 1 aliphatic heterocycles. The smallest absolute Gasteiger partial charge is 0.292 e. The quantitative estimate of drug-likeness (QED) is 0.681. The van der Waals surface area contributed by atoms with Crippen LogP contribution in [0.1, 0.15) is 55.7 Å². The standard InChI is InChI=1S/C22H26NO/c1-17-13-18-15-23(19-9-5-3-6-10-19)16-24-21(18)20(14-17)22(2)11-7-4-8-12-22/h3,5-6,9-10,13-15H,4,7-8,11-12,16H2,1-2H3/q+1. The molecule has 2 aromatic rings. The van der Waals surface area contributed by atoms with E-state index in [0.717, 1.165) is 5.75 Å². The first kappa shape index (κ1) is 15.4. The van der Waals surface area contributed by atoms with Crippen molar-refractivity contribution in [2.75, 3.05) is 6.73 Å². The van der Waals surface area contributed by atoms with E-state index in [1.54, 1.807) is 0 Å². The van der Waals surface area contributed by atoms with Gasteiger partial charge in [-0.1, -0.05) is 50.5 Å². The third-order valence-corrected chi connectivity index (χ3v) is 5.60. The Morgan fingerprint density at radius 1 is 1.00 bits per heavy atom. The van der Waals surface area contributed by atoms with Crippen molar-refractivity contribution in [2.24, 2.45) is 0 Å². The third-order valence-electron chi connectivity index (χ3n) is 5.60. The Kier molecular flexibility index (Phi) is 3.91. The fourth-order valence-electron chi connectivity index (χ4n) is 4.22. The Balaban J connectivity index is 1.79. The van der Waals surface area contributed by atoms with Crippen LogP contribution in [0.3, 0.4) is 0 Å². The Labute approximate surface area is 144 Å². The highest BCUT2D eigenvalue weighted by molar-refractivity contribution is 5.83. The van der Waals surface area contributed by atoms with Gasteiger partial charge in [-0.2, -0.15) is 4.58 Å². The molecule has 0 N–H and O–H groups in total. The Hall–Kier alpha value is -2.09. The molecule has 0 unspecified atom stereocenters. The summed E-state index contributed by atoms with van der Waals surface area (Å²) in [6.07, 6.45) is 8.83. The maximum Gasteiger partial charge on any atom is 0.292 e. The predicted molar refractivity (Wildman–Crippen MR) is 98.6 cm³/mol. The van der Waals surface area contributed by atoms with Gasteiger partial charge in [-0.3, -0.25) is 0 Å². The average Bonchev–Trinajstić information content (AvgIpc) is 2.62. The highest BCUT2D eigenvalue weighted by Crippen LogP contribution is 2.45. The van der Waals surface area contributed by atoms with Crippen molar-refractivity contribution in [1.82, 2.24) is 0 Å². The zero-order valence-electron chi connectivity index (χ0n) is 14.7. The fourth-order valence-corrected chi connectivity index (χ4v) is 4.22. The molecule has 124 valence electrons. The summed E-state index contributed by atoms with van der Waals surface area (Å²) in [5, 5.41) is 0. The van der Waals surface area contributed by atoms with E-state index >= 15 is 0 Å². The molecule has 24 heavy (non-hydrogen) atoms. The van der Waals surface area contributed by atoms with Gasteiger partial charge in [-0.05, 0) is 36.8 Å². The number of hydrogen-bond donors (Lipinski definition) is 0. The molecule has 2 nitrogen and oxygen atoms in total. The van der Waals surface area contributed by atoms with E-state index in [-0.39, 0.29) is 5.41 Å². The summed E-state index contributed by atoms with van der Waals surface area (Å²) in [4.78, 5) is 0. The van der Waals surface area contributed by atoms with Crippen molar-refractivity contribution in [3.63, 3.8) is 0 Å². The van der Waals surface area contributed by atoms with Crippen LogP contribution in [0, 0.1) is 6.92 Å². The lowest BCUT2D eigenvalue weighted by Gasteiger charge is -2.36. The van der Waals surface area contributed by atoms with E-state index in [4.69, 9.17) is 4.74 Å². The van der Waals surface area contributed by atoms with Crippen molar-refractivity contribution in [3.8, 4) is 5.75 Å². The number of ether oxygens (including phenoxy) is 1. The van der Waals surface area contributed by atoms with Crippen LogP contribution in [0.2, 0.25) is 0 Å². The minimum absolute atomic E-state index is 0.261. The molecule has 0 saturated heterocycles. The second kappa shape index (κ2) is 6.08. The van der Waals surface area contributed by atoms with Crippen molar-refractivity contribution in [1.29, 1.82) is 0 Å². The Morgan fingerprint density at radius 3 is 2.50 bits per heavy atom. The fraction of sp³-hybridized carbons (Fsp3) is 0.409. The summed E-state index contributed by atoms with van der Waals surface area (Å²) in [6, 6.07) is 15.1. The minimum atomic E-state index is 0.261. The van der Waals surface area contributed by atoms with Crippen LogP contribution in [0.25, 0.3) is 0 Å². The molecule has 0 amide bonds. The summed E-state index contributed by atoms with van der Waals surface area (Å²) in [5.41, 5.74) is 5.39. The van der Waals surface area contributed by atoms with Gasteiger partial charge in [0.05, 0.1) is 5.56 Å². The normalized spacial score (nSPS) is 19.2. The first-order chi connectivity index (χ1) is 11.7. The van der Waals surface area contributed by atoms with Gasteiger partial charge in [0.15, 0.2) is 6.21 Å². The lowest BCUT2D eigenvalue weighted by Crippen LogP contribution is -2.29. The topological polar surface area (TPSA) is 12.2 Å². The molecule has 1 fully saturated rings. The molecule has 0 radical (unpaired) electrons. The van der Waals surface area contributed by atoms with E-state index in [1.807, 2.05) is 0 Å². The first-order valence-electron chi connectivity index (χ1n) is 9.10. The van der Waals surface area contributed by atoms with Crippen LogP contribution < -0.4 is 4.74 Å². The van der Waals surface area contributed by atoms with Gasteiger partial charge >= 0.3 is 0 Å². The number of fused-ring (bicyclic) bond motifs is 1. The summed E-state index contributed by atoms with van der Waals surface area (Å²) in [6.45, 7) is 5.21. The lowest BCUT2D eigenvalue weighted by atomic mass is 9.70. The summed E-state index contributed by atoms with van der Waals surface area (Å²) in [5.74, 6) is 1.11. The van der Waals surface area contributed by atoms with E-state index < -0.39 is 0 Å². The zero-order chi connectivity index (χ0) is 16.6. The SMILES string of the molecule is Cc1cc2c(c(C3(C)CCCCC3)c1)OC[N+](c1ccccc1)=C2. The summed E-state index contributed by atoms with van der Waals surface area (Å²) < 4.78 is 8.48. The van der Waals surface area contributed by atoms with Crippen LogP contribution in [-0.4, -0.2) is 17.5 Å². The average molecular weight is 320 g/mol. The molecule has 0 aromatic heterocycles. The minimum Gasteiger partial charge on any atom is -0.435 e. The van der Waals surface area contributed by atoms with Gasteiger partial charge in [-0.25, -0.2) is 0 Å². The summed E-state index contributed by atoms with van der Waals surface area (Å²) >= 11 is 0. The second-order valence-corrected chi connectivity index (χ2v) is 7.56. The third kappa shape index (κ3) is 2.75. The van der Waals surface area contributed by atoms with Crippen molar-refractivity contribution in [3.05, 3.63) is 59.2 Å². The van der Waals surface area contributed by atoms with Gasteiger partial charge < -0.3 is 4.74 Å². The number of hydrogen-bond acceptors (Lipinski definition) is 1. The number of nitrogens with zero attached hydrogens (tertiary/aromatic N) is 1. The van der Waals surface area contributed by atoms with Crippen LogP contribution in [0.5, 0.6) is 5.75 Å². The van der Waals surface area contributed by atoms with E-state index in [0.29, 0.717) is 6.73 Å². The van der Waals surface area contributed by atoms with Crippen LogP contribution in [0.15, 0.2) is 42.5 Å². The van der Waals surface area contributed by atoms with Crippen LogP contribution in [0.4, 0.5) is 5.69 Å². The predicted octanol–water partition coefficient (Wildman–Crippen LogP) is 5.33. The van der Waals surface area contributed by atoms with Crippen LogP contribution >= 0.6 is 0 Å². The van der Waals surface area contributed by atoms with Crippen molar-refractivity contribution in [2.45, 2.75) is 51.4 Å². The molecule has 1 aliphatic carbocycles. The molecule has 2 aliphatic rings. The van der Waals surface area contributed by atoms with E-state index in [2.05, 4.69) is 67.1 Å². The molecule has 4 rings (SSSR count). The molecule has 1 saturated carbocycles. The van der Waals surface area contributed by atoms with Crippen molar-refractivity contribution < 1.29 is 9.31 Å². The Bertz CT molecular complexity index is 770. The number of benzene rings is 2. The van der Waals surface area contributed by atoms with Gasteiger partial charge in [0.25, 0.3) is 6.73 Å². The van der Waals surface area contributed by atoms with Crippen molar-refractivity contribution >= 4 is 11.9 Å². The maximum atomic E-state index is 6.29. The summed E-state index contributed by atoms with van der Waals surface area (Å²) in [7, 11) is 0. The number of para-hydroxylation sites is 1. The zero-order valence-corrected chi connectivity index (χ0v) is 14.7. The molecule has 1 heterocycles.